The minimum Gasteiger partial charge on any atom is -0.493 e. The van der Waals surface area contributed by atoms with Gasteiger partial charge in [0.15, 0.2) is 0 Å². The lowest BCUT2D eigenvalue weighted by Gasteiger charge is -2.22. The van der Waals surface area contributed by atoms with E-state index in [1.807, 2.05) is 0 Å². The minimum absolute atomic E-state index is 0.00605. The van der Waals surface area contributed by atoms with Gasteiger partial charge in [0.25, 0.3) is 0 Å². The lowest BCUT2D eigenvalue weighted by molar-refractivity contribution is -0.173. The van der Waals surface area contributed by atoms with Crippen molar-refractivity contribution in [2.75, 3.05) is 13.2 Å². The molecular formula is C18H24F3NO3. The van der Waals surface area contributed by atoms with Gasteiger partial charge >= 0.3 is 12.1 Å². The van der Waals surface area contributed by atoms with E-state index in [0.717, 1.165) is 0 Å². The Labute approximate surface area is 145 Å². The second-order valence-electron chi connectivity index (χ2n) is 6.45. The molecule has 4 nitrogen and oxygen atoms in total. The number of amides is 1. The second kappa shape index (κ2) is 9.08. The molecule has 2 N–H and O–H groups in total. The van der Waals surface area contributed by atoms with Crippen molar-refractivity contribution < 1.29 is 27.8 Å². The van der Waals surface area contributed by atoms with Crippen LogP contribution in [-0.2, 0) is 4.79 Å². The molecule has 0 radical (unpaired) electrons. The summed E-state index contributed by atoms with van der Waals surface area (Å²) in [4.78, 5) is 10.7. The lowest BCUT2D eigenvalue weighted by Crippen LogP contribution is -2.37. The standard InChI is InChI=1S/C18H24F3NO3/c19-18(20,21)17(24)22-10-9-16(23)14-7-4-8-15(11-14)25-12-13-5-2-1-3-6-13/h4,7-8,11,13,16,23H,1-3,5-6,9-10,12H2,(H,22,24). The van der Waals surface area contributed by atoms with E-state index in [2.05, 4.69) is 0 Å². The molecule has 0 aromatic heterocycles. The number of hydrogen-bond donors (Lipinski definition) is 2. The molecular weight excluding hydrogens is 335 g/mol. The number of benzene rings is 1. The van der Waals surface area contributed by atoms with Crippen LogP contribution >= 0.6 is 0 Å². The Kier molecular flexibility index (Phi) is 7.11. The Morgan fingerprint density at radius 1 is 1.28 bits per heavy atom. The minimum atomic E-state index is -4.90. The molecule has 0 bridgehead atoms. The third-order valence-electron chi connectivity index (χ3n) is 4.41. The first kappa shape index (κ1) is 19.6. The Hall–Kier alpha value is -1.76. The topological polar surface area (TPSA) is 58.6 Å². The number of carbonyl (C=O) groups is 1. The van der Waals surface area contributed by atoms with E-state index in [9.17, 15) is 23.1 Å². The van der Waals surface area contributed by atoms with Crippen LogP contribution in [0.5, 0.6) is 5.75 Å². The molecule has 1 aromatic carbocycles. The van der Waals surface area contributed by atoms with E-state index in [1.165, 1.54) is 32.1 Å². The zero-order chi connectivity index (χ0) is 18.3. The number of alkyl halides is 3. The smallest absolute Gasteiger partial charge is 0.471 e. The first-order valence-electron chi connectivity index (χ1n) is 8.62. The number of halogens is 3. The average molecular weight is 359 g/mol. The number of carbonyl (C=O) groups excluding carboxylic acids is 1. The summed E-state index contributed by atoms with van der Waals surface area (Å²) in [6, 6.07) is 6.91. The van der Waals surface area contributed by atoms with Crippen molar-refractivity contribution in [2.45, 2.75) is 50.8 Å². The average Bonchev–Trinajstić information content (AvgIpc) is 2.60. The molecule has 0 saturated heterocycles. The van der Waals surface area contributed by atoms with Gasteiger partial charge in [0.2, 0.25) is 0 Å². The van der Waals surface area contributed by atoms with Crippen molar-refractivity contribution in [3.8, 4) is 5.75 Å². The van der Waals surface area contributed by atoms with Crippen molar-refractivity contribution in [1.29, 1.82) is 0 Å². The third kappa shape index (κ3) is 6.57. The summed E-state index contributed by atoms with van der Waals surface area (Å²) in [5, 5.41) is 11.8. The number of ether oxygens (including phenoxy) is 1. The molecule has 1 unspecified atom stereocenters. The molecule has 1 aliphatic carbocycles. The normalized spacial score (nSPS) is 17.1. The maximum Gasteiger partial charge on any atom is 0.471 e. The summed E-state index contributed by atoms with van der Waals surface area (Å²) >= 11 is 0. The van der Waals surface area contributed by atoms with Gasteiger partial charge < -0.3 is 15.2 Å². The molecule has 1 aliphatic rings. The Balaban J connectivity index is 1.79. The van der Waals surface area contributed by atoms with E-state index in [1.54, 1.807) is 29.6 Å². The van der Waals surface area contributed by atoms with Gasteiger partial charge in [-0.15, -0.1) is 0 Å². The zero-order valence-electron chi connectivity index (χ0n) is 14.0. The highest BCUT2D eigenvalue weighted by atomic mass is 19.4. The van der Waals surface area contributed by atoms with E-state index in [0.29, 0.717) is 23.8 Å². The molecule has 2 rings (SSSR count). The second-order valence-corrected chi connectivity index (χ2v) is 6.45. The molecule has 1 atom stereocenters. The maximum atomic E-state index is 12.1. The van der Waals surface area contributed by atoms with Crippen molar-refractivity contribution in [1.82, 2.24) is 5.32 Å². The predicted octanol–water partition coefficient (Wildman–Crippen LogP) is 3.75. The molecule has 1 aromatic rings. The third-order valence-corrected chi connectivity index (χ3v) is 4.41. The number of aliphatic hydroxyl groups is 1. The molecule has 1 saturated carbocycles. The van der Waals surface area contributed by atoms with Crippen molar-refractivity contribution in [3.05, 3.63) is 29.8 Å². The molecule has 1 fully saturated rings. The number of aliphatic hydroxyl groups excluding tert-OH is 1. The maximum absolute atomic E-state index is 12.1. The van der Waals surface area contributed by atoms with Gasteiger partial charge in [-0.1, -0.05) is 31.4 Å². The molecule has 0 aliphatic heterocycles. The number of hydrogen-bond acceptors (Lipinski definition) is 3. The molecule has 1 amide bonds. The van der Waals surface area contributed by atoms with E-state index < -0.39 is 18.2 Å². The van der Waals surface area contributed by atoms with Crippen LogP contribution in [0.2, 0.25) is 0 Å². The van der Waals surface area contributed by atoms with Crippen LogP contribution in [-0.4, -0.2) is 30.3 Å². The fraction of sp³-hybridized carbons (Fsp3) is 0.611. The van der Waals surface area contributed by atoms with Gasteiger partial charge in [0.1, 0.15) is 5.75 Å². The molecule has 0 spiro atoms. The largest absolute Gasteiger partial charge is 0.493 e. The van der Waals surface area contributed by atoms with Crippen LogP contribution in [0.15, 0.2) is 24.3 Å². The summed E-state index contributed by atoms with van der Waals surface area (Å²) in [6.07, 6.45) is 0.205. The molecule has 140 valence electrons. The first-order chi connectivity index (χ1) is 11.9. The predicted molar refractivity (Wildman–Crippen MR) is 87.2 cm³/mol. The summed E-state index contributed by atoms with van der Waals surface area (Å²) in [5.41, 5.74) is 0.558. The van der Waals surface area contributed by atoms with Crippen LogP contribution in [0.25, 0.3) is 0 Å². The summed E-state index contributed by atoms with van der Waals surface area (Å²) < 4.78 is 42.1. The summed E-state index contributed by atoms with van der Waals surface area (Å²) in [6.45, 7) is 0.383. The van der Waals surface area contributed by atoms with Crippen molar-refractivity contribution in [3.63, 3.8) is 0 Å². The Morgan fingerprint density at radius 2 is 2.00 bits per heavy atom. The quantitative estimate of drug-likeness (QED) is 0.780. The van der Waals surface area contributed by atoms with Gasteiger partial charge in [0.05, 0.1) is 12.7 Å². The van der Waals surface area contributed by atoms with Gasteiger partial charge in [-0.3, -0.25) is 4.79 Å². The summed E-state index contributed by atoms with van der Waals surface area (Å²) in [7, 11) is 0. The molecule has 25 heavy (non-hydrogen) atoms. The highest BCUT2D eigenvalue weighted by Gasteiger charge is 2.38. The van der Waals surface area contributed by atoms with Crippen LogP contribution in [0, 0.1) is 5.92 Å². The Bertz CT molecular complexity index is 557. The molecule has 7 heteroatoms. The van der Waals surface area contributed by atoms with Crippen LogP contribution in [0.4, 0.5) is 13.2 Å². The SMILES string of the molecule is O=C(NCCC(O)c1cccc(OCC2CCCCC2)c1)C(F)(F)F. The van der Waals surface area contributed by atoms with Gasteiger partial charge in [-0.05, 0) is 42.9 Å². The Morgan fingerprint density at radius 3 is 2.68 bits per heavy atom. The van der Waals surface area contributed by atoms with Crippen molar-refractivity contribution in [2.24, 2.45) is 5.92 Å². The summed E-state index contributed by atoms with van der Waals surface area (Å²) in [5.74, 6) is -0.800. The van der Waals surface area contributed by atoms with E-state index >= 15 is 0 Å². The highest BCUT2D eigenvalue weighted by molar-refractivity contribution is 5.81. The zero-order valence-corrected chi connectivity index (χ0v) is 14.0. The van der Waals surface area contributed by atoms with Crippen LogP contribution < -0.4 is 10.1 Å². The number of rotatable bonds is 7. The highest BCUT2D eigenvalue weighted by Crippen LogP contribution is 2.26. The van der Waals surface area contributed by atoms with E-state index in [4.69, 9.17) is 4.74 Å². The van der Waals surface area contributed by atoms with Gasteiger partial charge in [-0.25, -0.2) is 0 Å². The van der Waals surface area contributed by atoms with Gasteiger partial charge in [0, 0.05) is 6.54 Å². The van der Waals surface area contributed by atoms with Crippen LogP contribution in [0.1, 0.15) is 50.2 Å². The number of nitrogens with one attached hydrogen (secondary N) is 1. The fourth-order valence-electron chi connectivity index (χ4n) is 2.97. The lowest BCUT2D eigenvalue weighted by atomic mass is 9.90. The van der Waals surface area contributed by atoms with Gasteiger partial charge in [-0.2, -0.15) is 13.2 Å². The fourth-order valence-corrected chi connectivity index (χ4v) is 2.97. The molecule has 0 heterocycles. The first-order valence-corrected chi connectivity index (χ1v) is 8.62. The monoisotopic (exact) mass is 359 g/mol. The van der Waals surface area contributed by atoms with Crippen LogP contribution in [0.3, 0.4) is 0 Å². The van der Waals surface area contributed by atoms with E-state index in [-0.39, 0.29) is 13.0 Å². The van der Waals surface area contributed by atoms with Crippen molar-refractivity contribution >= 4 is 5.91 Å².